The molecule has 0 aliphatic carbocycles. The number of hydrazone groups is 1. The Hall–Kier alpha value is -4.79. The molecule has 4 rings (SSSR count). The van der Waals surface area contributed by atoms with E-state index in [0.29, 0.717) is 23.0 Å². The number of nitrogens with zero attached hydrogens (tertiary/aromatic N) is 3. The first-order valence-corrected chi connectivity index (χ1v) is 17.8. The Bertz CT molecular complexity index is 1690. The van der Waals surface area contributed by atoms with Crippen molar-refractivity contribution in [1.29, 1.82) is 0 Å². The fourth-order valence-electron chi connectivity index (χ4n) is 4.66. The van der Waals surface area contributed by atoms with Crippen LogP contribution in [0.15, 0.2) is 107 Å². The molecule has 0 bridgehead atoms. The second-order valence-electron chi connectivity index (χ2n) is 10.3. The van der Waals surface area contributed by atoms with Crippen LogP contribution < -0.4 is 18.9 Å². The summed E-state index contributed by atoms with van der Waals surface area (Å²) in [6.07, 6.45) is 1.91. The van der Waals surface area contributed by atoms with Crippen molar-refractivity contribution in [2.75, 3.05) is 61.2 Å². The van der Waals surface area contributed by atoms with Crippen LogP contribution in [0.5, 0.6) is 23.0 Å². The number of hydrogen-bond donors (Lipinski definition) is 0. The van der Waals surface area contributed by atoms with Gasteiger partial charge in [0.15, 0.2) is 34.9 Å². The van der Waals surface area contributed by atoms with Crippen molar-refractivity contribution in [3.63, 3.8) is 0 Å². The van der Waals surface area contributed by atoms with E-state index in [4.69, 9.17) is 28.4 Å². The second-order valence-corrected chi connectivity index (χ2v) is 10.3. The van der Waals surface area contributed by atoms with E-state index in [1.807, 2.05) is 77.7 Å². The lowest BCUT2D eigenvalue weighted by Crippen LogP contribution is -2.28. The molecule has 1 amide bonds. The fraction of sp³-hybridized carbons (Fsp3) is 0.282. The average Bonchev–Trinajstić information content (AvgIpc) is 3.19. The van der Waals surface area contributed by atoms with Crippen LogP contribution in [-0.2, 0) is 19.1 Å². The zero-order valence-electron chi connectivity index (χ0n) is 30.2. The average molecular weight is 812 g/mol. The number of alkyl halides is 1. The molecule has 0 radical (unpaired) electrons. The van der Waals surface area contributed by atoms with Crippen molar-refractivity contribution < 1.29 is 38.0 Å². The molecule has 0 fully saturated rings. The number of benzene rings is 4. The van der Waals surface area contributed by atoms with E-state index >= 15 is 0 Å². The maximum atomic E-state index is 12.6. The highest BCUT2D eigenvalue weighted by Crippen LogP contribution is 2.28. The van der Waals surface area contributed by atoms with Gasteiger partial charge in [-0.2, -0.15) is 5.10 Å². The summed E-state index contributed by atoms with van der Waals surface area (Å²) in [7, 11) is 10.9. The second kappa shape index (κ2) is 23.6. The minimum absolute atomic E-state index is 0.0434. The summed E-state index contributed by atoms with van der Waals surface area (Å²) in [6, 6.07) is 29.5. The monoisotopic (exact) mass is 811 g/mol. The van der Waals surface area contributed by atoms with E-state index in [1.54, 1.807) is 72.2 Å². The Morgan fingerprint density at radius 1 is 0.627 bits per heavy atom. The molecule has 0 aromatic heterocycles. The van der Waals surface area contributed by atoms with Crippen molar-refractivity contribution in [3.05, 3.63) is 119 Å². The lowest BCUT2D eigenvalue weighted by molar-refractivity contribution is -0.141. The molecular weight excluding hydrogens is 765 g/mol. The van der Waals surface area contributed by atoms with Gasteiger partial charge >= 0.3 is 0 Å². The van der Waals surface area contributed by atoms with Crippen LogP contribution in [0.2, 0.25) is 0 Å². The van der Waals surface area contributed by atoms with Gasteiger partial charge in [-0.3, -0.25) is 14.6 Å². The van der Waals surface area contributed by atoms with Gasteiger partial charge < -0.3 is 28.4 Å². The van der Waals surface area contributed by atoms with Gasteiger partial charge in [0.25, 0.3) is 5.91 Å². The van der Waals surface area contributed by atoms with Gasteiger partial charge in [-0.05, 0) is 63.6 Å². The highest BCUT2D eigenvalue weighted by atomic mass is 127. The number of Topliss-reactive ketones (excluding diaryl/α,β-unsaturated/α-hetero) is 1. The Labute approximate surface area is 314 Å². The van der Waals surface area contributed by atoms with Crippen molar-refractivity contribution in [2.24, 2.45) is 10.1 Å². The third-order valence-corrected chi connectivity index (χ3v) is 7.19. The molecule has 2 unspecified atom stereocenters. The quantitative estimate of drug-likeness (QED) is 0.0545. The van der Waals surface area contributed by atoms with Crippen LogP contribution in [0.3, 0.4) is 0 Å². The molecule has 11 nitrogen and oxygen atoms in total. The van der Waals surface area contributed by atoms with Crippen molar-refractivity contribution in [2.45, 2.75) is 12.2 Å². The number of carbonyl (C=O) groups excluding carboxylic acids is 2. The summed E-state index contributed by atoms with van der Waals surface area (Å²) in [6.45, 7) is 0.0434. The van der Waals surface area contributed by atoms with E-state index in [1.165, 1.54) is 19.2 Å². The predicted molar refractivity (Wildman–Crippen MR) is 209 cm³/mol. The molecule has 0 heterocycles. The molecule has 2 atom stereocenters. The normalized spacial score (nSPS) is 11.7. The number of aliphatic imine (C=N–C) groups is 1. The number of hydrogen-bond acceptors (Lipinski definition) is 10. The Kier molecular flexibility index (Phi) is 19.6. The van der Waals surface area contributed by atoms with Gasteiger partial charge in [-0.15, -0.1) is 0 Å². The molecule has 0 saturated carbocycles. The summed E-state index contributed by atoms with van der Waals surface area (Å²) in [5, 5.41) is 5.46. The highest BCUT2D eigenvalue weighted by molar-refractivity contribution is 14.1. The van der Waals surface area contributed by atoms with Crippen LogP contribution in [0.1, 0.15) is 34.5 Å². The number of ketones is 1. The van der Waals surface area contributed by atoms with Crippen LogP contribution in [-0.4, -0.2) is 90.3 Å². The highest BCUT2D eigenvalue weighted by Gasteiger charge is 2.23. The van der Waals surface area contributed by atoms with Gasteiger partial charge in [-0.1, -0.05) is 83.3 Å². The van der Waals surface area contributed by atoms with Gasteiger partial charge in [0, 0.05) is 27.5 Å². The molecule has 4 aromatic rings. The Balaban J connectivity index is 0.000000337. The molecule has 12 heteroatoms. The standard InChI is InChI=1S/C19H22N2O4.C19H21NO4.CH3I/c1-21(19(22)18(25-4)15-8-6-5-7-9-15)20-13-14-10-11-16(23-2)17(12-14)24-3;1-22-17-10-9-14(11-18(17)23-2)12-20-13-16(21)19(24-3)15-7-5-4-6-8-15;1-2/h5-13,18H,1-4H3;4-12,19H,13H2,1-3H3;1H3/b20-13+;;. The number of ether oxygens (including phenoxy) is 6. The van der Waals surface area contributed by atoms with Crippen molar-refractivity contribution >= 4 is 46.7 Å². The summed E-state index contributed by atoms with van der Waals surface area (Å²) >= 11 is 2.15. The summed E-state index contributed by atoms with van der Waals surface area (Å²) < 4.78 is 31.5. The number of carbonyl (C=O) groups is 2. The van der Waals surface area contributed by atoms with Crippen LogP contribution >= 0.6 is 22.6 Å². The molecule has 272 valence electrons. The molecule has 0 spiro atoms. The molecular formula is C39H46IN3O8. The maximum Gasteiger partial charge on any atom is 0.276 e. The number of likely N-dealkylation sites (N-methyl/N-ethyl adjacent to an activating group) is 1. The Morgan fingerprint density at radius 2 is 1.06 bits per heavy atom. The molecule has 0 aliphatic heterocycles. The molecule has 0 saturated heterocycles. The summed E-state index contributed by atoms with van der Waals surface area (Å²) in [5.41, 5.74) is 3.22. The lowest BCUT2D eigenvalue weighted by atomic mass is 10.1. The van der Waals surface area contributed by atoms with E-state index < -0.39 is 12.2 Å². The SMILES string of the molecule is CI.COc1ccc(/C=N/N(C)C(=O)C(OC)c2ccccc2)cc1OC.COc1ccc(C=NCC(=O)C(OC)c2ccccc2)cc1OC. The number of halogens is 1. The lowest BCUT2D eigenvalue weighted by Gasteiger charge is -2.19. The Morgan fingerprint density at radius 3 is 1.49 bits per heavy atom. The number of methoxy groups -OCH3 is 6. The molecule has 51 heavy (non-hydrogen) atoms. The third kappa shape index (κ3) is 13.1. The zero-order valence-corrected chi connectivity index (χ0v) is 32.4. The van der Waals surface area contributed by atoms with E-state index in [0.717, 1.165) is 22.3 Å². The molecule has 0 N–H and O–H groups in total. The van der Waals surface area contributed by atoms with Crippen LogP contribution in [0, 0.1) is 0 Å². The van der Waals surface area contributed by atoms with E-state index in [9.17, 15) is 9.59 Å². The summed E-state index contributed by atoms with van der Waals surface area (Å²) in [5.74, 6) is 2.14. The van der Waals surface area contributed by atoms with Gasteiger partial charge in [0.05, 0.1) is 34.7 Å². The minimum atomic E-state index is -0.700. The smallest absolute Gasteiger partial charge is 0.276 e. The van der Waals surface area contributed by atoms with Crippen LogP contribution in [0.4, 0.5) is 0 Å². The zero-order chi connectivity index (χ0) is 37.6. The van der Waals surface area contributed by atoms with E-state index in [2.05, 4.69) is 32.7 Å². The topological polar surface area (TPSA) is 117 Å². The first-order chi connectivity index (χ1) is 24.8. The van der Waals surface area contributed by atoms with Crippen LogP contribution in [0.25, 0.3) is 0 Å². The van der Waals surface area contributed by atoms with Crippen molar-refractivity contribution in [3.8, 4) is 23.0 Å². The third-order valence-electron chi connectivity index (χ3n) is 7.19. The van der Waals surface area contributed by atoms with Gasteiger partial charge in [-0.25, -0.2) is 5.01 Å². The van der Waals surface area contributed by atoms with Gasteiger partial charge in [0.2, 0.25) is 0 Å². The first-order valence-electron chi connectivity index (χ1n) is 15.6. The largest absolute Gasteiger partial charge is 0.493 e. The number of rotatable bonds is 15. The fourth-order valence-corrected chi connectivity index (χ4v) is 4.66. The minimum Gasteiger partial charge on any atom is -0.493 e. The van der Waals surface area contributed by atoms with E-state index in [-0.39, 0.29) is 18.2 Å². The van der Waals surface area contributed by atoms with Crippen molar-refractivity contribution in [1.82, 2.24) is 5.01 Å². The predicted octanol–water partition coefficient (Wildman–Crippen LogP) is 7.01. The summed E-state index contributed by atoms with van der Waals surface area (Å²) in [4.78, 5) is 31.1. The molecule has 0 aliphatic rings. The first kappa shape index (κ1) is 42.4. The van der Waals surface area contributed by atoms with Gasteiger partial charge in [0.1, 0.15) is 12.6 Å². The maximum absolute atomic E-state index is 12.6. The number of amides is 1. The molecule has 4 aromatic carbocycles.